The molecule has 0 bridgehead atoms. The lowest BCUT2D eigenvalue weighted by molar-refractivity contribution is -0.137. The van der Waals surface area contributed by atoms with Crippen molar-refractivity contribution in [2.24, 2.45) is 0 Å². The molecule has 0 atom stereocenters. The molecule has 5 heteroatoms. The lowest BCUT2D eigenvalue weighted by atomic mass is 9.91. The normalized spacial score (nSPS) is 11.8. The van der Waals surface area contributed by atoms with Gasteiger partial charge in [0.15, 0.2) is 6.79 Å². The summed E-state index contributed by atoms with van der Waals surface area (Å²) in [5.74, 6) is 0.406. The second kappa shape index (κ2) is 7.04. The van der Waals surface area contributed by atoms with Gasteiger partial charge in [-0.15, -0.1) is 0 Å². The predicted octanol–water partition coefficient (Wildman–Crippen LogP) is 5.28. The molecule has 2 rings (SSSR count). The molecule has 2 aromatic carbocycles. The van der Waals surface area contributed by atoms with E-state index in [2.05, 4.69) is 6.07 Å². The molecule has 0 saturated carbocycles. The number of methoxy groups -OCH3 is 1. The standard InChI is InChI=1S/C18H18F3O2/c1-12(2)14-6-4-5-7-15(14)16-10-13(18(19,20)21)8-9-17(16)23-11-22-3/h4-8,10,12H,11H2,1-3H3. The maximum absolute atomic E-state index is 13.0. The second-order valence-electron chi connectivity index (χ2n) is 5.42. The minimum absolute atomic E-state index is 0.0568. The van der Waals surface area contributed by atoms with Gasteiger partial charge in [0.1, 0.15) is 5.75 Å². The zero-order chi connectivity index (χ0) is 17.0. The number of rotatable bonds is 5. The zero-order valence-electron chi connectivity index (χ0n) is 13.2. The van der Waals surface area contributed by atoms with Crippen molar-refractivity contribution in [2.45, 2.75) is 25.9 Å². The molecule has 123 valence electrons. The fourth-order valence-corrected chi connectivity index (χ4v) is 2.33. The van der Waals surface area contributed by atoms with E-state index in [4.69, 9.17) is 9.47 Å². The quantitative estimate of drug-likeness (QED) is 0.697. The minimum Gasteiger partial charge on any atom is -0.466 e. The first-order valence-corrected chi connectivity index (χ1v) is 7.18. The van der Waals surface area contributed by atoms with E-state index in [0.717, 1.165) is 17.7 Å². The number of ether oxygens (including phenoxy) is 2. The Morgan fingerprint density at radius 1 is 1.13 bits per heavy atom. The Morgan fingerprint density at radius 2 is 1.83 bits per heavy atom. The fourth-order valence-electron chi connectivity index (χ4n) is 2.33. The van der Waals surface area contributed by atoms with E-state index in [1.807, 2.05) is 26.0 Å². The first-order chi connectivity index (χ1) is 10.8. The molecule has 0 heterocycles. The van der Waals surface area contributed by atoms with Crippen LogP contribution in [0.4, 0.5) is 13.2 Å². The predicted molar refractivity (Wildman–Crippen MR) is 82.3 cm³/mol. The topological polar surface area (TPSA) is 18.5 Å². The van der Waals surface area contributed by atoms with Crippen molar-refractivity contribution in [3.05, 3.63) is 53.6 Å². The lowest BCUT2D eigenvalue weighted by Crippen LogP contribution is -2.07. The number of benzene rings is 2. The third kappa shape index (κ3) is 4.05. The Labute approximate surface area is 133 Å². The molecule has 0 saturated heterocycles. The van der Waals surface area contributed by atoms with Crippen LogP contribution in [0.2, 0.25) is 0 Å². The van der Waals surface area contributed by atoms with Gasteiger partial charge in [-0.2, -0.15) is 13.2 Å². The summed E-state index contributed by atoms with van der Waals surface area (Å²) in [5, 5.41) is 0. The maximum atomic E-state index is 13.0. The Morgan fingerprint density at radius 3 is 2.43 bits per heavy atom. The SMILES string of the molecule is COCOc1[c]cc(C(F)(F)F)cc1-c1ccccc1C(C)C. The van der Waals surface area contributed by atoms with Crippen LogP contribution in [0, 0.1) is 6.07 Å². The number of hydrogen-bond donors (Lipinski definition) is 0. The molecular formula is C18H18F3O2. The summed E-state index contributed by atoms with van der Waals surface area (Å²) in [6.45, 7) is 3.93. The molecule has 0 N–H and O–H groups in total. The summed E-state index contributed by atoms with van der Waals surface area (Å²) in [7, 11) is 1.45. The monoisotopic (exact) mass is 323 g/mol. The van der Waals surface area contributed by atoms with Gasteiger partial charge in [0.25, 0.3) is 0 Å². The molecule has 2 aromatic rings. The maximum Gasteiger partial charge on any atom is 0.416 e. The van der Waals surface area contributed by atoms with Crippen LogP contribution in [0.3, 0.4) is 0 Å². The molecule has 0 amide bonds. The molecule has 0 aliphatic carbocycles. The van der Waals surface area contributed by atoms with Crippen LogP contribution in [0.15, 0.2) is 36.4 Å². The summed E-state index contributed by atoms with van der Waals surface area (Å²) in [5.41, 5.74) is 1.26. The van der Waals surface area contributed by atoms with E-state index in [1.54, 1.807) is 12.1 Å². The summed E-state index contributed by atoms with van der Waals surface area (Å²) in [6, 6.07) is 11.9. The van der Waals surface area contributed by atoms with Gasteiger partial charge < -0.3 is 9.47 Å². The van der Waals surface area contributed by atoms with Crippen LogP contribution in [0.1, 0.15) is 30.9 Å². The van der Waals surface area contributed by atoms with Crippen molar-refractivity contribution >= 4 is 0 Å². The first kappa shape index (κ1) is 17.3. The van der Waals surface area contributed by atoms with Crippen molar-refractivity contribution in [1.82, 2.24) is 0 Å². The van der Waals surface area contributed by atoms with Gasteiger partial charge in [0, 0.05) is 18.7 Å². The molecule has 0 aliphatic rings. The molecule has 0 fully saturated rings. The molecule has 0 aliphatic heterocycles. The highest BCUT2D eigenvalue weighted by molar-refractivity contribution is 5.74. The zero-order valence-corrected chi connectivity index (χ0v) is 13.2. The molecule has 0 unspecified atom stereocenters. The van der Waals surface area contributed by atoms with Crippen molar-refractivity contribution in [3.63, 3.8) is 0 Å². The molecule has 23 heavy (non-hydrogen) atoms. The third-order valence-corrected chi connectivity index (χ3v) is 3.42. The fraction of sp³-hybridized carbons (Fsp3) is 0.333. The van der Waals surface area contributed by atoms with Crippen LogP contribution in [0.5, 0.6) is 5.75 Å². The highest BCUT2D eigenvalue weighted by atomic mass is 19.4. The van der Waals surface area contributed by atoms with Gasteiger partial charge in [-0.05, 0) is 29.2 Å². The Balaban J connectivity index is 2.62. The van der Waals surface area contributed by atoms with Crippen molar-refractivity contribution in [3.8, 4) is 16.9 Å². The summed E-state index contributed by atoms with van der Waals surface area (Å²) < 4.78 is 49.4. The Hall–Kier alpha value is -2.01. The second-order valence-corrected chi connectivity index (χ2v) is 5.42. The number of alkyl halides is 3. The average Bonchev–Trinajstić information content (AvgIpc) is 2.51. The minimum atomic E-state index is -4.43. The van der Waals surface area contributed by atoms with Crippen LogP contribution in [0.25, 0.3) is 11.1 Å². The third-order valence-electron chi connectivity index (χ3n) is 3.42. The van der Waals surface area contributed by atoms with E-state index < -0.39 is 11.7 Å². The van der Waals surface area contributed by atoms with Crippen LogP contribution in [-0.4, -0.2) is 13.9 Å². The molecule has 0 spiro atoms. The van der Waals surface area contributed by atoms with Crippen LogP contribution < -0.4 is 4.74 Å². The van der Waals surface area contributed by atoms with E-state index in [9.17, 15) is 13.2 Å². The molecular weight excluding hydrogens is 305 g/mol. The van der Waals surface area contributed by atoms with Crippen molar-refractivity contribution in [2.75, 3.05) is 13.9 Å². The van der Waals surface area contributed by atoms with E-state index >= 15 is 0 Å². The van der Waals surface area contributed by atoms with E-state index in [1.165, 1.54) is 7.11 Å². The average molecular weight is 323 g/mol. The van der Waals surface area contributed by atoms with E-state index in [-0.39, 0.29) is 18.5 Å². The highest BCUT2D eigenvalue weighted by Gasteiger charge is 2.31. The van der Waals surface area contributed by atoms with Gasteiger partial charge in [0.05, 0.1) is 5.56 Å². The van der Waals surface area contributed by atoms with Crippen molar-refractivity contribution < 1.29 is 22.6 Å². The number of hydrogen-bond acceptors (Lipinski definition) is 2. The lowest BCUT2D eigenvalue weighted by Gasteiger charge is -2.18. The summed E-state index contributed by atoms with van der Waals surface area (Å²) in [4.78, 5) is 0. The van der Waals surface area contributed by atoms with Gasteiger partial charge in [-0.3, -0.25) is 0 Å². The van der Waals surface area contributed by atoms with Crippen LogP contribution >= 0.6 is 0 Å². The largest absolute Gasteiger partial charge is 0.466 e. The van der Waals surface area contributed by atoms with Gasteiger partial charge >= 0.3 is 6.18 Å². The molecule has 2 nitrogen and oxygen atoms in total. The van der Waals surface area contributed by atoms with Crippen LogP contribution in [-0.2, 0) is 10.9 Å². The Bertz CT molecular complexity index is 664. The number of halogens is 3. The molecule has 1 radical (unpaired) electrons. The van der Waals surface area contributed by atoms with Gasteiger partial charge in [-0.25, -0.2) is 0 Å². The van der Waals surface area contributed by atoms with Crippen molar-refractivity contribution in [1.29, 1.82) is 0 Å². The highest BCUT2D eigenvalue weighted by Crippen LogP contribution is 2.39. The first-order valence-electron chi connectivity index (χ1n) is 7.18. The van der Waals surface area contributed by atoms with E-state index in [0.29, 0.717) is 11.1 Å². The Kier molecular flexibility index (Phi) is 5.31. The van der Waals surface area contributed by atoms with Gasteiger partial charge in [0.2, 0.25) is 0 Å². The summed E-state index contributed by atoms with van der Waals surface area (Å²) >= 11 is 0. The smallest absolute Gasteiger partial charge is 0.416 e. The molecule has 0 aromatic heterocycles. The van der Waals surface area contributed by atoms with Gasteiger partial charge in [-0.1, -0.05) is 38.1 Å². The summed E-state index contributed by atoms with van der Waals surface area (Å²) in [6.07, 6.45) is -4.43.